The zero-order valence-corrected chi connectivity index (χ0v) is 8.89. The molecule has 15 heavy (non-hydrogen) atoms. The lowest BCUT2D eigenvalue weighted by Crippen LogP contribution is -2.24. The molecule has 0 fully saturated rings. The Morgan fingerprint density at radius 2 is 1.67 bits per heavy atom. The highest BCUT2D eigenvalue weighted by Crippen LogP contribution is 2.28. The van der Waals surface area contributed by atoms with Crippen molar-refractivity contribution in [3.05, 3.63) is 45.1 Å². The maximum Gasteiger partial charge on any atom is 0.211 e. The number of fused-ring (bicyclic) bond motifs is 1. The lowest BCUT2D eigenvalue weighted by Gasteiger charge is -2.14. The summed E-state index contributed by atoms with van der Waals surface area (Å²) in [4.78, 5) is 23.3. The Labute approximate surface area is 95.5 Å². The molecule has 1 aromatic carbocycles. The minimum absolute atomic E-state index is 0.203. The van der Waals surface area contributed by atoms with Crippen LogP contribution in [-0.2, 0) is 0 Å². The van der Waals surface area contributed by atoms with Crippen LogP contribution in [0.4, 0.5) is 0 Å². The van der Waals surface area contributed by atoms with Gasteiger partial charge in [-0.25, -0.2) is 0 Å². The standard InChI is InChI=1S/C10H5Cl2NO2/c11-4-1-2-5-6(3-4)10(15)8(13)7(12)9(5)14/h1-3H,13H2. The monoisotopic (exact) mass is 241 g/mol. The van der Waals surface area contributed by atoms with Crippen LogP contribution in [0.25, 0.3) is 0 Å². The van der Waals surface area contributed by atoms with Crippen molar-refractivity contribution in [1.82, 2.24) is 0 Å². The van der Waals surface area contributed by atoms with Crippen molar-refractivity contribution in [1.29, 1.82) is 0 Å². The van der Waals surface area contributed by atoms with Gasteiger partial charge in [-0.15, -0.1) is 0 Å². The van der Waals surface area contributed by atoms with Gasteiger partial charge in [-0.05, 0) is 18.2 Å². The van der Waals surface area contributed by atoms with E-state index in [0.717, 1.165) is 0 Å². The van der Waals surface area contributed by atoms with E-state index in [4.69, 9.17) is 28.9 Å². The van der Waals surface area contributed by atoms with Crippen molar-refractivity contribution < 1.29 is 9.59 Å². The van der Waals surface area contributed by atoms with Crippen LogP contribution >= 0.6 is 23.2 Å². The molecule has 0 unspecified atom stereocenters. The molecular weight excluding hydrogens is 237 g/mol. The third-order valence-corrected chi connectivity index (χ3v) is 2.76. The molecule has 0 amide bonds. The molecule has 1 aliphatic carbocycles. The van der Waals surface area contributed by atoms with Crippen LogP contribution in [-0.4, -0.2) is 11.6 Å². The van der Waals surface area contributed by atoms with Crippen molar-refractivity contribution in [2.75, 3.05) is 0 Å². The zero-order valence-electron chi connectivity index (χ0n) is 7.38. The number of Topliss-reactive ketones (excluding diaryl/α,β-unsaturated/α-hetero) is 2. The summed E-state index contributed by atoms with van der Waals surface area (Å²) in [7, 11) is 0. The molecule has 0 bridgehead atoms. The van der Waals surface area contributed by atoms with Gasteiger partial charge in [-0.1, -0.05) is 23.2 Å². The maximum atomic E-state index is 11.6. The molecule has 0 saturated carbocycles. The van der Waals surface area contributed by atoms with Crippen LogP contribution in [0.2, 0.25) is 5.02 Å². The van der Waals surface area contributed by atoms with E-state index < -0.39 is 11.6 Å². The maximum absolute atomic E-state index is 11.6. The van der Waals surface area contributed by atoms with Gasteiger partial charge in [0.25, 0.3) is 0 Å². The summed E-state index contributed by atoms with van der Waals surface area (Å²) >= 11 is 11.4. The average Bonchev–Trinajstić information content (AvgIpc) is 2.23. The van der Waals surface area contributed by atoms with Crippen molar-refractivity contribution in [3.63, 3.8) is 0 Å². The molecule has 5 heteroatoms. The normalized spacial score (nSPS) is 15.6. The topological polar surface area (TPSA) is 60.2 Å². The largest absolute Gasteiger partial charge is 0.394 e. The third kappa shape index (κ3) is 1.44. The molecule has 0 spiro atoms. The van der Waals surface area contributed by atoms with Crippen molar-refractivity contribution in [3.8, 4) is 0 Å². The fourth-order valence-electron chi connectivity index (χ4n) is 1.39. The van der Waals surface area contributed by atoms with Gasteiger partial charge in [0.15, 0.2) is 0 Å². The van der Waals surface area contributed by atoms with Crippen LogP contribution < -0.4 is 5.73 Å². The Hall–Kier alpha value is -1.32. The number of rotatable bonds is 0. The number of carbonyl (C=O) groups is 2. The summed E-state index contributed by atoms with van der Waals surface area (Å²) in [6.45, 7) is 0. The first-order chi connectivity index (χ1) is 7.02. The van der Waals surface area contributed by atoms with Gasteiger partial charge in [0, 0.05) is 16.1 Å². The molecule has 0 atom stereocenters. The number of hydrogen-bond donors (Lipinski definition) is 1. The van der Waals surface area contributed by atoms with Crippen molar-refractivity contribution in [2.24, 2.45) is 5.73 Å². The van der Waals surface area contributed by atoms with Crippen LogP contribution in [0.1, 0.15) is 20.7 Å². The second kappa shape index (κ2) is 3.36. The van der Waals surface area contributed by atoms with E-state index in [9.17, 15) is 9.59 Å². The SMILES string of the molecule is NC1=C(Cl)C(=O)c2ccc(Cl)cc2C1=O. The highest BCUT2D eigenvalue weighted by molar-refractivity contribution is 6.50. The number of ketones is 2. The highest BCUT2D eigenvalue weighted by Gasteiger charge is 2.29. The summed E-state index contributed by atoms with van der Waals surface area (Å²) in [5.41, 5.74) is 5.63. The van der Waals surface area contributed by atoms with E-state index in [2.05, 4.69) is 0 Å². The van der Waals surface area contributed by atoms with Gasteiger partial charge in [-0.3, -0.25) is 9.59 Å². The fraction of sp³-hybridized carbons (Fsp3) is 0. The second-order valence-corrected chi connectivity index (χ2v) is 3.89. The Balaban J connectivity index is 2.73. The van der Waals surface area contributed by atoms with Gasteiger partial charge in [-0.2, -0.15) is 0 Å². The molecule has 2 N–H and O–H groups in total. The van der Waals surface area contributed by atoms with Gasteiger partial charge < -0.3 is 5.73 Å². The summed E-state index contributed by atoms with van der Waals surface area (Å²) in [5.74, 6) is -0.905. The molecule has 0 aliphatic heterocycles. The van der Waals surface area contributed by atoms with Crippen LogP contribution in [0.15, 0.2) is 28.9 Å². The molecule has 76 valence electrons. The Morgan fingerprint density at radius 3 is 2.33 bits per heavy atom. The number of carbonyl (C=O) groups excluding carboxylic acids is 2. The lowest BCUT2D eigenvalue weighted by molar-refractivity contribution is 0.0979. The van der Waals surface area contributed by atoms with Crippen LogP contribution in [0, 0.1) is 0 Å². The second-order valence-electron chi connectivity index (χ2n) is 3.08. The van der Waals surface area contributed by atoms with Crippen LogP contribution in [0.3, 0.4) is 0 Å². The van der Waals surface area contributed by atoms with Crippen LogP contribution in [0.5, 0.6) is 0 Å². The quantitative estimate of drug-likeness (QED) is 0.757. The minimum Gasteiger partial charge on any atom is -0.394 e. The first kappa shape index (κ1) is 10.2. The molecule has 1 aliphatic rings. The van der Waals surface area contributed by atoms with Gasteiger partial charge in [0.2, 0.25) is 11.6 Å². The number of halogens is 2. The summed E-state index contributed by atoms with van der Waals surface area (Å²) in [5, 5.41) is 0.149. The van der Waals surface area contributed by atoms with E-state index in [1.54, 1.807) is 0 Å². The van der Waals surface area contributed by atoms with Crippen molar-refractivity contribution >= 4 is 34.8 Å². The van der Waals surface area contributed by atoms with Crippen molar-refractivity contribution in [2.45, 2.75) is 0 Å². The van der Waals surface area contributed by atoms with E-state index in [0.29, 0.717) is 5.02 Å². The summed E-state index contributed by atoms with van der Waals surface area (Å²) in [6.07, 6.45) is 0. The third-order valence-electron chi connectivity index (χ3n) is 2.15. The number of nitrogens with two attached hydrogens (primary N) is 1. The fourth-order valence-corrected chi connectivity index (χ4v) is 1.75. The molecule has 0 heterocycles. The molecule has 1 aromatic rings. The first-order valence-electron chi connectivity index (χ1n) is 4.06. The van der Waals surface area contributed by atoms with E-state index in [-0.39, 0.29) is 21.9 Å². The minimum atomic E-state index is -0.461. The zero-order chi connectivity index (χ0) is 11.2. The predicted molar refractivity (Wildman–Crippen MR) is 57.2 cm³/mol. The molecule has 0 aromatic heterocycles. The highest BCUT2D eigenvalue weighted by atomic mass is 35.5. The lowest BCUT2D eigenvalue weighted by atomic mass is 9.93. The molecule has 2 rings (SSSR count). The van der Waals surface area contributed by atoms with E-state index in [1.807, 2.05) is 0 Å². The smallest absolute Gasteiger partial charge is 0.211 e. The molecule has 3 nitrogen and oxygen atoms in total. The van der Waals surface area contributed by atoms with E-state index >= 15 is 0 Å². The number of benzene rings is 1. The first-order valence-corrected chi connectivity index (χ1v) is 4.82. The summed E-state index contributed by atoms with van der Waals surface area (Å²) in [6, 6.07) is 4.40. The Bertz CT molecular complexity index is 520. The Kier molecular flexibility index (Phi) is 2.29. The molecular formula is C10H5Cl2NO2. The predicted octanol–water partition coefficient (Wildman–Crippen LogP) is 2.13. The van der Waals surface area contributed by atoms with Gasteiger partial charge in [0.05, 0.1) is 0 Å². The van der Waals surface area contributed by atoms with Gasteiger partial charge >= 0.3 is 0 Å². The molecule has 0 saturated heterocycles. The Morgan fingerprint density at radius 1 is 1.00 bits per heavy atom. The number of allylic oxidation sites excluding steroid dienone is 2. The molecule has 0 radical (unpaired) electrons. The number of hydrogen-bond acceptors (Lipinski definition) is 3. The summed E-state index contributed by atoms with van der Waals surface area (Å²) < 4.78 is 0. The average molecular weight is 242 g/mol. The van der Waals surface area contributed by atoms with E-state index in [1.165, 1.54) is 18.2 Å². The van der Waals surface area contributed by atoms with Gasteiger partial charge in [0.1, 0.15) is 10.7 Å².